The molecule has 0 amide bonds. The van der Waals surface area contributed by atoms with Gasteiger partial charge in [-0.3, -0.25) is 0 Å². The van der Waals surface area contributed by atoms with E-state index in [4.69, 9.17) is 10.5 Å². The second-order valence-corrected chi connectivity index (χ2v) is 5.49. The van der Waals surface area contributed by atoms with E-state index in [1.807, 2.05) is 6.92 Å². The van der Waals surface area contributed by atoms with Gasteiger partial charge in [0.15, 0.2) is 0 Å². The summed E-state index contributed by atoms with van der Waals surface area (Å²) in [6.07, 6.45) is 0. The molecule has 0 unspecified atom stereocenters. The molecule has 2 aromatic heterocycles. The van der Waals surface area contributed by atoms with Gasteiger partial charge in [-0.25, -0.2) is 4.98 Å². The Bertz CT molecular complexity index is 555. The second kappa shape index (κ2) is 6.16. The SMILES string of the molecule is CCOCCN(CC)c1nc(N)nc2sc(C)cc12. The number of anilines is 2. The number of ether oxygens (including phenoxy) is 1. The lowest BCUT2D eigenvalue weighted by atomic mass is 10.3. The lowest BCUT2D eigenvalue weighted by Crippen LogP contribution is -2.28. The fourth-order valence-electron chi connectivity index (χ4n) is 2.02. The highest BCUT2D eigenvalue weighted by Crippen LogP contribution is 2.31. The molecule has 6 heteroatoms. The Labute approximate surface area is 117 Å². The van der Waals surface area contributed by atoms with Crippen LogP contribution >= 0.6 is 11.3 Å². The Balaban J connectivity index is 2.35. The number of hydrogen-bond acceptors (Lipinski definition) is 6. The Morgan fingerprint density at radius 1 is 1.37 bits per heavy atom. The number of nitrogens with zero attached hydrogens (tertiary/aromatic N) is 3. The number of fused-ring (bicyclic) bond motifs is 1. The maximum absolute atomic E-state index is 5.81. The van der Waals surface area contributed by atoms with E-state index < -0.39 is 0 Å². The van der Waals surface area contributed by atoms with Gasteiger partial charge in [0.2, 0.25) is 5.95 Å². The van der Waals surface area contributed by atoms with Crippen LogP contribution in [0.1, 0.15) is 18.7 Å². The lowest BCUT2D eigenvalue weighted by molar-refractivity contribution is 0.154. The summed E-state index contributed by atoms with van der Waals surface area (Å²) in [7, 11) is 0. The van der Waals surface area contributed by atoms with Gasteiger partial charge in [0.05, 0.1) is 12.0 Å². The minimum Gasteiger partial charge on any atom is -0.380 e. The van der Waals surface area contributed by atoms with Crippen molar-refractivity contribution in [1.82, 2.24) is 9.97 Å². The van der Waals surface area contributed by atoms with Crippen LogP contribution in [-0.2, 0) is 4.74 Å². The molecule has 5 nitrogen and oxygen atoms in total. The van der Waals surface area contributed by atoms with Crippen molar-refractivity contribution in [2.45, 2.75) is 20.8 Å². The number of thiophene rings is 1. The molecule has 0 aliphatic rings. The first-order chi connectivity index (χ1) is 9.15. The molecule has 0 fully saturated rings. The zero-order valence-electron chi connectivity index (χ0n) is 11.6. The van der Waals surface area contributed by atoms with Gasteiger partial charge in [0.1, 0.15) is 10.6 Å². The number of nitrogen functional groups attached to an aromatic ring is 1. The van der Waals surface area contributed by atoms with Gasteiger partial charge < -0.3 is 15.4 Å². The average molecular weight is 280 g/mol. The fraction of sp³-hybridized carbons (Fsp3) is 0.538. The molecule has 0 spiro atoms. The topological polar surface area (TPSA) is 64.3 Å². The van der Waals surface area contributed by atoms with E-state index in [1.54, 1.807) is 11.3 Å². The van der Waals surface area contributed by atoms with Crippen LogP contribution in [0.5, 0.6) is 0 Å². The van der Waals surface area contributed by atoms with Crippen LogP contribution in [0.2, 0.25) is 0 Å². The van der Waals surface area contributed by atoms with Crippen LogP contribution in [-0.4, -0.2) is 36.3 Å². The van der Waals surface area contributed by atoms with E-state index in [9.17, 15) is 0 Å². The summed E-state index contributed by atoms with van der Waals surface area (Å²) in [5.41, 5.74) is 5.81. The minimum atomic E-state index is 0.333. The first-order valence-electron chi connectivity index (χ1n) is 6.52. The van der Waals surface area contributed by atoms with E-state index in [1.165, 1.54) is 4.88 Å². The van der Waals surface area contributed by atoms with Crippen molar-refractivity contribution in [3.63, 3.8) is 0 Å². The largest absolute Gasteiger partial charge is 0.380 e. The van der Waals surface area contributed by atoms with Crippen molar-refractivity contribution in [1.29, 1.82) is 0 Å². The standard InChI is InChI=1S/C13H20N4OS/c1-4-17(6-7-18-5-2)11-10-8-9(3)19-12(10)16-13(14)15-11/h8H,4-7H2,1-3H3,(H2,14,15,16). The van der Waals surface area contributed by atoms with Crippen molar-refractivity contribution in [3.8, 4) is 0 Å². The molecular weight excluding hydrogens is 260 g/mol. The highest BCUT2D eigenvalue weighted by atomic mass is 32.1. The van der Waals surface area contributed by atoms with Gasteiger partial charge in [-0.15, -0.1) is 11.3 Å². The Kier molecular flexibility index (Phi) is 4.55. The maximum atomic E-state index is 5.81. The summed E-state index contributed by atoms with van der Waals surface area (Å²) in [6, 6.07) is 2.12. The summed E-state index contributed by atoms with van der Waals surface area (Å²) < 4.78 is 5.42. The number of hydrogen-bond donors (Lipinski definition) is 1. The quantitative estimate of drug-likeness (QED) is 0.823. The van der Waals surface area contributed by atoms with Crippen LogP contribution in [0, 0.1) is 6.92 Å². The monoisotopic (exact) mass is 280 g/mol. The first-order valence-corrected chi connectivity index (χ1v) is 7.33. The predicted molar refractivity (Wildman–Crippen MR) is 80.9 cm³/mol. The molecule has 2 aromatic rings. The molecule has 0 aliphatic carbocycles. The summed E-state index contributed by atoms with van der Waals surface area (Å²) >= 11 is 1.65. The lowest BCUT2D eigenvalue weighted by Gasteiger charge is -2.22. The highest BCUT2D eigenvalue weighted by Gasteiger charge is 2.14. The first kappa shape index (κ1) is 14.0. The highest BCUT2D eigenvalue weighted by molar-refractivity contribution is 7.18. The number of rotatable bonds is 6. The molecule has 0 aliphatic heterocycles. The summed E-state index contributed by atoms with van der Waals surface area (Å²) in [4.78, 5) is 13.1. The van der Waals surface area contributed by atoms with E-state index in [-0.39, 0.29) is 0 Å². The third-order valence-corrected chi connectivity index (χ3v) is 3.85. The molecule has 0 aromatic carbocycles. The molecule has 0 atom stereocenters. The van der Waals surface area contributed by atoms with E-state index in [0.29, 0.717) is 12.6 Å². The van der Waals surface area contributed by atoms with Crippen molar-refractivity contribution in [2.24, 2.45) is 0 Å². The van der Waals surface area contributed by atoms with Crippen LogP contribution < -0.4 is 10.6 Å². The Morgan fingerprint density at radius 2 is 2.16 bits per heavy atom. The molecule has 2 heterocycles. The van der Waals surface area contributed by atoms with Gasteiger partial charge in [0, 0.05) is 24.6 Å². The molecule has 19 heavy (non-hydrogen) atoms. The zero-order valence-corrected chi connectivity index (χ0v) is 12.5. The zero-order chi connectivity index (χ0) is 13.8. The van der Waals surface area contributed by atoms with Gasteiger partial charge in [-0.1, -0.05) is 0 Å². The summed E-state index contributed by atoms with van der Waals surface area (Å²) in [6.45, 7) is 9.28. The maximum Gasteiger partial charge on any atom is 0.223 e. The Morgan fingerprint density at radius 3 is 2.84 bits per heavy atom. The Hall–Kier alpha value is -1.40. The minimum absolute atomic E-state index is 0.333. The number of nitrogens with two attached hydrogens (primary N) is 1. The average Bonchev–Trinajstić information content (AvgIpc) is 2.74. The molecule has 0 radical (unpaired) electrons. The van der Waals surface area contributed by atoms with Gasteiger partial charge >= 0.3 is 0 Å². The van der Waals surface area contributed by atoms with Crippen molar-refractivity contribution in [2.75, 3.05) is 36.9 Å². The molecule has 0 saturated heterocycles. The second-order valence-electron chi connectivity index (χ2n) is 4.26. The predicted octanol–water partition coefficient (Wildman–Crippen LogP) is 2.44. The molecule has 0 bridgehead atoms. The van der Waals surface area contributed by atoms with Crippen LogP contribution in [0.3, 0.4) is 0 Å². The van der Waals surface area contributed by atoms with Crippen LogP contribution in [0.25, 0.3) is 10.2 Å². The number of aryl methyl sites for hydroxylation is 1. The molecular formula is C13H20N4OS. The van der Waals surface area contributed by atoms with Crippen LogP contribution in [0.4, 0.5) is 11.8 Å². The normalized spacial score (nSPS) is 11.1. The van der Waals surface area contributed by atoms with Crippen molar-refractivity contribution < 1.29 is 4.74 Å². The molecule has 104 valence electrons. The number of likely N-dealkylation sites (N-methyl/N-ethyl adjacent to an activating group) is 1. The third-order valence-electron chi connectivity index (χ3n) is 2.90. The molecule has 0 saturated carbocycles. The van der Waals surface area contributed by atoms with Crippen molar-refractivity contribution >= 4 is 33.3 Å². The van der Waals surface area contributed by atoms with E-state index >= 15 is 0 Å². The third kappa shape index (κ3) is 3.13. The van der Waals surface area contributed by atoms with Crippen molar-refractivity contribution in [3.05, 3.63) is 10.9 Å². The number of aromatic nitrogens is 2. The van der Waals surface area contributed by atoms with Gasteiger partial charge in [0.25, 0.3) is 0 Å². The van der Waals surface area contributed by atoms with E-state index in [0.717, 1.165) is 35.7 Å². The van der Waals surface area contributed by atoms with Gasteiger partial charge in [-0.05, 0) is 26.8 Å². The van der Waals surface area contributed by atoms with Gasteiger partial charge in [-0.2, -0.15) is 4.98 Å². The van der Waals surface area contributed by atoms with Crippen LogP contribution in [0.15, 0.2) is 6.07 Å². The molecule has 2 N–H and O–H groups in total. The fourth-order valence-corrected chi connectivity index (χ4v) is 2.90. The summed E-state index contributed by atoms with van der Waals surface area (Å²) in [5.74, 6) is 1.24. The van der Waals surface area contributed by atoms with E-state index in [2.05, 4.69) is 34.8 Å². The smallest absolute Gasteiger partial charge is 0.223 e. The summed E-state index contributed by atoms with van der Waals surface area (Å²) in [5, 5.41) is 1.08. The molecule has 2 rings (SSSR count).